The van der Waals surface area contributed by atoms with Gasteiger partial charge in [0.05, 0.1) is 5.41 Å². The smallest absolute Gasteiger partial charge is 0.233 e. The van der Waals surface area contributed by atoms with E-state index in [1.807, 2.05) is 29.2 Å². The largest absolute Gasteiger partial charge is 0.341 e. The number of likely N-dealkylation sites (tertiary alicyclic amines) is 1. The molecule has 3 rings (SSSR count). The zero-order chi connectivity index (χ0) is 14.2. The van der Waals surface area contributed by atoms with Crippen molar-refractivity contribution in [2.45, 2.75) is 31.1 Å². The summed E-state index contributed by atoms with van der Waals surface area (Å²) >= 11 is 5.93. The quantitative estimate of drug-likeness (QED) is 0.765. The molecule has 0 bridgehead atoms. The third-order valence-corrected chi connectivity index (χ3v) is 4.75. The lowest BCUT2D eigenvalue weighted by Crippen LogP contribution is -2.44. The summed E-state index contributed by atoms with van der Waals surface area (Å²) in [6.45, 7) is 1.55. The van der Waals surface area contributed by atoms with E-state index in [1.165, 1.54) is 0 Å². The molecule has 1 amide bonds. The van der Waals surface area contributed by atoms with Gasteiger partial charge in [-0.3, -0.25) is 4.79 Å². The van der Waals surface area contributed by atoms with Crippen molar-refractivity contribution in [2.75, 3.05) is 13.1 Å². The van der Waals surface area contributed by atoms with E-state index >= 15 is 0 Å². The Hall–Kier alpha value is -1.46. The molecule has 1 heterocycles. The van der Waals surface area contributed by atoms with Gasteiger partial charge < -0.3 is 4.90 Å². The Bertz CT molecular complexity index is 553. The highest BCUT2D eigenvalue weighted by atomic mass is 35.5. The Morgan fingerprint density at radius 1 is 1.35 bits per heavy atom. The van der Waals surface area contributed by atoms with E-state index in [0.29, 0.717) is 11.6 Å². The molecule has 0 spiro atoms. The number of benzene rings is 1. The highest BCUT2D eigenvalue weighted by Gasteiger charge is 2.53. The normalized spacial score (nSPS) is 24.0. The second-order valence-corrected chi connectivity index (χ2v) is 6.28. The van der Waals surface area contributed by atoms with Crippen molar-refractivity contribution in [1.29, 1.82) is 0 Å². The molecule has 104 valence electrons. The predicted octanol–water partition coefficient (Wildman–Crippen LogP) is 3.24. The fraction of sp³-hybridized carbons (Fsp3) is 0.471. The molecule has 2 nitrogen and oxygen atoms in total. The second-order valence-electron chi connectivity index (χ2n) is 5.85. The van der Waals surface area contributed by atoms with Crippen LogP contribution in [0.4, 0.5) is 0 Å². The molecular formula is C17H18ClNO. The summed E-state index contributed by atoms with van der Waals surface area (Å²) < 4.78 is 0. The third-order valence-electron chi connectivity index (χ3n) is 4.50. The van der Waals surface area contributed by atoms with Crippen LogP contribution in [-0.4, -0.2) is 23.9 Å². The Morgan fingerprint density at radius 2 is 2.05 bits per heavy atom. The summed E-state index contributed by atoms with van der Waals surface area (Å²) in [5.41, 5.74) is 0.788. The van der Waals surface area contributed by atoms with Crippen molar-refractivity contribution < 1.29 is 4.79 Å². The van der Waals surface area contributed by atoms with Gasteiger partial charge in [0.2, 0.25) is 5.91 Å². The molecule has 1 aromatic rings. The van der Waals surface area contributed by atoms with Gasteiger partial charge in [-0.05, 0) is 43.4 Å². The average molecular weight is 288 g/mol. The minimum Gasteiger partial charge on any atom is -0.341 e. The molecule has 1 aliphatic heterocycles. The molecule has 3 heteroatoms. The topological polar surface area (TPSA) is 20.3 Å². The lowest BCUT2D eigenvalue weighted by molar-refractivity contribution is -0.135. The van der Waals surface area contributed by atoms with Gasteiger partial charge in [0.15, 0.2) is 0 Å². The number of terminal acetylenes is 1. The first-order valence-electron chi connectivity index (χ1n) is 7.17. The van der Waals surface area contributed by atoms with Gasteiger partial charge in [0.25, 0.3) is 0 Å². The zero-order valence-electron chi connectivity index (χ0n) is 11.4. The van der Waals surface area contributed by atoms with Crippen LogP contribution < -0.4 is 0 Å². The first-order valence-corrected chi connectivity index (χ1v) is 7.55. The number of amides is 1. The molecule has 20 heavy (non-hydrogen) atoms. The van der Waals surface area contributed by atoms with E-state index in [-0.39, 0.29) is 17.2 Å². The van der Waals surface area contributed by atoms with Crippen molar-refractivity contribution >= 4 is 17.5 Å². The maximum Gasteiger partial charge on any atom is 0.233 e. The number of hydrogen-bond donors (Lipinski definition) is 0. The number of carbonyl (C=O) groups is 1. The molecular weight excluding hydrogens is 270 g/mol. The summed E-state index contributed by atoms with van der Waals surface area (Å²) in [5, 5.41) is 0.711. The molecule has 1 saturated heterocycles. The van der Waals surface area contributed by atoms with Crippen molar-refractivity contribution in [1.82, 2.24) is 4.90 Å². The molecule has 1 aliphatic carbocycles. The number of halogens is 1. The van der Waals surface area contributed by atoms with E-state index in [9.17, 15) is 4.79 Å². The Morgan fingerprint density at radius 3 is 2.65 bits per heavy atom. The predicted molar refractivity (Wildman–Crippen MR) is 80.5 cm³/mol. The van der Waals surface area contributed by atoms with Crippen LogP contribution in [0.15, 0.2) is 24.3 Å². The fourth-order valence-electron chi connectivity index (χ4n) is 3.12. The van der Waals surface area contributed by atoms with E-state index in [4.69, 9.17) is 18.0 Å². The van der Waals surface area contributed by atoms with Crippen molar-refractivity contribution in [2.24, 2.45) is 5.92 Å². The minimum atomic E-state index is -0.304. The van der Waals surface area contributed by atoms with Crippen LogP contribution in [0.2, 0.25) is 5.02 Å². The molecule has 2 fully saturated rings. The Labute approximate surface area is 125 Å². The number of rotatable bonds is 2. The molecule has 1 saturated carbocycles. The average Bonchev–Trinajstić information content (AvgIpc) is 3.29. The van der Waals surface area contributed by atoms with Gasteiger partial charge in [0.1, 0.15) is 0 Å². The highest BCUT2D eigenvalue weighted by Crippen LogP contribution is 2.50. The summed E-state index contributed by atoms with van der Waals surface area (Å²) in [5.74, 6) is 3.26. The van der Waals surface area contributed by atoms with Gasteiger partial charge in [-0.1, -0.05) is 23.7 Å². The van der Waals surface area contributed by atoms with Gasteiger partial charge in [-0.25, -0.2) is 0 Å². The molecule has 0 N–H and O–H groups in total. The Kier molecular flexibility index (Phi) is 3.48. The van der Waals surface area contributed by atoms with Gasteiger partial charge in [-0.15, -0.1) is 12.3 Å². The monoisotopic (exact) mass is 287 g/mol. The maximum absolute atomic E-state index is 12.9. The summed E-state index contributed by atoms with van der Waals surface area (Å²) in [4.78, 5) is 14.8. The maximum atomic E-state index is 12.9. The number of piperidine rings is 1. The zero-order valence-corrected chi connectivity index (χ0v) is 12.2. The summed E-state index contributed by atoms with van der Waals surface area (Å²) in [6.07, 6.45) is 9.43. The summed E-state index contributed by atoms with van der Waals surface area (Å²) in [6, 6.07) is 7.70. The Balaban J connectivity index is 1.80. The van der Waals surface area contributed by atoms with Crippen LogP contribution in [0.3, 0.4) is 0 Å². The number of hydrogen-bond acceptors (Lipinski definition) is 1. The van der Waals surface area contributed by atoms with Crippen LogP contribution in [0.25, 0.3) is 0 Å². The third kappa shape index (κ3) is 2.31. The minimum absolute atomic E-state index is 0.216. The van der Waals surface area contributed by atoms with Crippen LogP contribution in [-0.2, 0) is 10.2 Å². The summed E-state index contributed by atoms with van der Waals surface area (Å²) in [7, 11) is 0. The lowest BCUT2D eigenvalue weighted by Gasteiger charge is -2.33. The molecule has 2 aliphatic rings. The van der Waals surface area contributed by atoms with Crippen molar-refractivity contribution in [3.8, 4) is 12.3 Å². The van der Waals surface area contributed by atoms with Gasteiger partial charge in [-0.2, -0.15) is 0 Å². The molecule has 1 atom stereocenters. The van der Waals surface area contributed by atoms with E-state index in [0.717, 1.165) is 37.8 Å². The lowest BCUT2D eigenvalue weighted by atomic mass is 9.91. The fourth-order valence-corrected chi connectivity index (χ4v) is 3.25. The van der Waals surface area contributed by atoms with Crippen molar-refractivity contribution in [3.63, 3.8) is 0 Å². The molecule has 1 unspecified atom stereocenters. The van der Waals surface area contributed by atoms with Crippen LogP contribution in [0, 0.1) is 18.3 Å². The molecule has 0 radical (unpaired) electrons. The van der Waals surface area contributed by atoms with Crippen LogP contribution in [0.1, 0.15) is 31.2 Å². The second kappa shape index (κ2) is 5.14. The number of carbonyl (C=O) groups excluding carboxylic acids is 1. The standard InChI is InChI=1S/C17H18ClNO/c1-2-13-4-3-11-19(12-13)16(20)17(9-10-17)14-5-7-15(18)8-6-14/h1,5-8,13H,3-4,9-12H2. The first-order chi connectivity index (χ1) is 9.65. The first kappa shape index (κ1) is 13.5. The van der Waals surface area contributed by atoms with E-state index in [1.54, 1.807) is 0 Å². The molecule has 0 aromatic heterocycles. The van der Waals surface area contributed by atoms with Gasteiger partial charge in [0, 0.05) is 24.0 Å². The van der Waals surface area contributed by atoms with Crippen molar-refractivity contribution in [3.05, 3.63) is 34.9 Å². The van der Waals surface area contributed by atoms with E-state index < -0.39 is 0 Å². The number of nitrogens with zero attached hydrogens (tertiary/aromatic N) is 1. The van der Waals surface area contributed by atoms with Crippen LogP contribution in [0.5, 0.6) is 0 Å². The molecule has 1 aromatic carbocycles. The van der Waals surface area contributed by atoms with Crippen LogP contribution >= 0.6 is 11.6 Å². The van der Waals surface area contributed by atoms with E-state index in [2.05, 4.69) is 5.92 Å². The SMILES string of the molecule is C#CC1CCCN(C(=O)C2(c3ccc(Cl)cc3)CC2)C1. The van der Waals surface area contributed by atoms with Gasteiger partial charge >= 0.3 is 0 Å². The highest BCUT2D eigenvalue weighted by molar-refractivity contribution is 6.30.